The van der Waals surface area contributed by atoms with Crippen LogP contribution < -0.4 is 9.47 Å². The fourth-order valence-corrected chi connectivity index (χ4v) is 2.36. The Morgan fingerprint density at radius 1 is 1.17 bits per heavy atom. The number of nitrogens with zero attached hydrogens (tertiary/aromatic N) is 1. The molecule has 0 saturated heterocycles. The van der Waals surface area contributed by atoms with E-state index in [1.165, 1.54) is 5.56 Å². The summed E-state index contributed by atoms with van der Waals surface area (Å²) in [6, 6.07) is 4.01. The van der Waals surface area contributed by atoms with Gasteiger partial charge < -0.3 is 14.4 Å². The minimum absolute atomic E-state index is 0.123. The predicted octanol–water partition coefficient (Wildman–Crippen LogP) is 2.00. The quantitative estimate of drug-likeness (QED) is 0.804. The van der Waals surface area contributed by atoms with Gasteiger partial charge in [0.05, 0.1) is 14.2 Å². The van der Waals surface area contributed by atoms with E-state index in [1.54, 1.807) is 21.1 Å². The molecule has 0 N–H and O–H groups in total. The van der Waals surface area contributed by atoms with Gasteiger partial charge in [0.1, 0.15) is 0 Å². The van der Waals surface area contributed by atoms with Gasteiger partial charge in [-0.3, -0.25) is 4.79 Å². The number of hydrogen-bond donors (Lipinski definition) is 0. The van der Waals surface area contributed by atoms with E-state index < -0.39 is 0 Å². The highest BCUT2D eigenvalue weighted by molar-refractivity contribution is 5.73. The molecule has 4 heteroatoms. The molecule has 0 spiro atoms. The van der Waals surface area contributed by atoms with Crippen LogP contribution in [0.3, 0.4) is 0 Å². The number of hydrogen-bond acceptors (Lipinski definition) is 3. The monoisotopic (exact) mass is 249 g/mol. The van der Waals surface area contributed by atoms with Crippen LogP contribution in [0.1, 0.15) is 24.5 Å². The van der Waals surface area contributed by atoms with E-state index in [9.17, 15) is 4.79 Å². The molecule has 2 rings (SSSR count). The second kappa shape index (κ2) is 5.29. The average molecular weight is 249 g/mol. The third-order valence-corrected chi connectivity index (χ3v) is 3.39. The van der Waals surface area contributed by atoms with Gasteiger partial charge in [-0.15, -0.1) is 0 Å². The number of methoxy groups -OCH3 is 2. The fraction of sp³-hybridized carbons (Fsp3) is 0.500. The maximum atomic E-state index is 11.5. The Bertz CT molecular complexity index is 457. The second-order valence-electron chi connectivity index (χ2n) is 4.52. The fourth-order valence-electron chi connectivity index (χ4n) is 2.36. The normalized spacial score (nSPS) is 14.7. The Kier molecular flexibility index (Phi) is 3.75. The summed E-state index contributed by atoms with van der Waals surface area (Å²) in [4.78, 5) is 13.4. The Morgan fingerprint density at radius 2 is 1.78 bits per heavy atom. The summed E-state index contributed by atoms with van der Waals surface area (Å²) in [5.41, 5.74) is 2.40. The van der Waals surface area contributed by atoms with Crippen LogP contribution in [0.25, 0.3) is 0 Å². The summed E-state index contributed by atoms with van der Waals surface area (Å²) >= 11 is 0. The van der Waals surface area contributed by atoms with Crippen molar-refractivity contribution >= 4 is 5.91 Å². The first-order valence-corrected chi connectivity index (χ1v) is 6.15. The second-order valence-corrected chi connectivity index (χ2v) is 4.52. The Labute approximate surface area is 107 Å². The van der Waals surface area contributed by atoms with Crippen molar-refractivity contribution in [1.29, 1.82) is 0 Å². The molecular weight excluding hydrogens is 230 g/mol. The summed E-state index contributed by atoms with van der Waals surface area (Å²) in [5, 5.41) is 0. The minimum Gasteiger partial charge on any atom is -0.493 e. The summed E-state index contributed by atoms with van der Waals surface area (Å²) in [7, 11) is 3.27. The molecule has 98 valence electrons. The zero-order valence-electron chi connectivity index (χ0n) is 11.2. The third kappa shape index (κ3) is 2.42. The van der Waals surface area contributed by atoms with Crippen molar-refractivity contribution in [1.82, 2.24) is 4.90 Å². The van der Waals surface area contributed by atoms with E-state index in [0.717, 1.165) is 36.4 Å². The summed E-state index contributed by atoms with van der Waals surface area (Å²) in [5.74, 6) is 1.60. The SMILES string of the molecule is COc1cc2c(cc1OC)CN(C(C)=O)CCC2. The highest BCUT2D eigenvalue weighted by Crippen LogP contribution is 2.32. The van der Waals surface area contributed by atoms with Gasteiger partial charge >= 0.3 is 0 Å². The molecule has 1 aliphatic heterocycles. The molecule has 1 aromatic carbocycles. The molecule has 0 atom stereocenters. The number of carbonyl (C=O) groups is 1. The molecular formula is C14H19NO3. The van der Waals surface area contributed by atoms with Crippen LogP contribution in [0.15, 0.2) is 12.1 Å². The summed E-state index contributed by atoms with van der Waals surface area (Å²) in [6.45, 7) is 3.09. The molecule has 1 aromatic rings. The average Bonchev–Trinajstić information content (AvgIpc) is 2.58. The van der Waals surface area contributed by atoms with Crippen LogP contribution >= 0.6 is 0 Å². The van der Waals surface area contributed by atoms with Crippen molar-refractivity contribution in [2.45, 2.75) is 26.3 Å². The Morgan fingerprint density at radius 3 is 2.33 bits per heavy atom. The van der Waals surface area contributed by atoms with Crippen molar-refractivity contribution in [2.24, 2.45) is 0 Å². The molecule has 18 heavy (non-hydrogen) atoms. The smallest absolute Gasteiger partial charge is 0.219 e. The van der Waals surface area contributed by atoms with Crippen LogP contribution in [0.5, 0.6) is 11.5 Å². The number of aryl methyl sites for hydroxylation is 1. The van der Waals surface area contributed by atoms with Gasteiger partial charge in [0, 0.05) is 20.0 Å². The predicted molar refractivity (Wildman–Crippen MR) is 69.0 cm³/mol. The van der Waals surface area contributed by atoms with Gasteiger partial charge in [0.15, 0.2) is 11.5 Å². The van der Waals surface area contributed by atoms with E-state index >= 15 is 0 Å². The number of amides is 1. The standard InChI is InChI=1S/C14H19NO3/c1-10(16)15-6-4-5-11-7-13(17-2)14(18-3)8-12(11)9-15/h7-8H,4-6,9H2,1-3H3. The van der Waals surface area contributed by atoms with Gasteiger partial charge in [-0.05, 0) is 36.1 Å². The maximum absolute atomic E-state index is 11.5. The maximum Gasteiger partial charge on any atom is 0.219 e. The molecule has 0 aromatic heterocycles. The highest BCUT2D eigenvalue weighted by Gasteiger charge is 2.18. The van der Waals surface area contributed by atoms with Crippen LogP contribution in [0, 0.1) is 0 Å². The summed E-state index contributed by atoms with van der Waals surface area (Å²) in [6.07, 6.45) is 1.96. The van der Waals surface area contributed by atoms with Gasteiger partial charge in [0.2, 0.25) is 5.91 Å². The van der Waals surface area contributed by atoms with E-state index in [2.05, 4.69) is 0 Å². The van der Waals surface area contributed by atoms with E-state index in [4.69, 9.17) is 9.47 Å². The number of fused-ring (bicyclic) bond motifs is 1. The lowest BCUT2D eigenvalue weighted by Crippen LogP contribution is -2.28. The van der Waals surface area contributed by atoms with Crippen molar-refractivity contribution < 1.29 is 14.3 Å². The molecule has 0 unspecified atom stereocenters. The van der Waals surface area contributed by atoms with Crippen LogP contribution in [0.4, 0.5) is 0 Å². The molecule has 1 aliphatic rings. The third-order valence-electron chi connectivity index (χ3n) is 3.39. The zero-order chi connectivity index (χ0) is 13.1. The molecule has 0 saturated carbocycles. The highest BCUT2D eigenvalue weighted by atomic mass is 16.5. The molecule has 0 aliphatic carbocycles. The molecule has 1 heterocycles. The molecule has 0 bridgehead atoms. The zero-order valence-corrected chi connectivity index (χ0v) is 11.2. The van der Waals surface area contributed by atoms with Crippen LogP contribution in [-0.2, 0) is 17.8 Å². The first-order valence-electron chi connectivity index (χ1n) is 6.15. The lowest BCUT2D eigenvalue weighted by atomic mass is 10.0. The molecule has 1 amide bonds. The Balaban J connectivity index is 2.38. The van der Waals surface area contributed by atoms with Crippen molar-refractivity contribution in [3.05, 3.63) is 23.3 Å². The minimum atomic E-state index is 0.123. The van der Waals surface area contributed by atoms with Gasteiger partial charge in [-0.1, -0.05) is 0 Å². The van der Waals surface area contributed by atoms with Gasteiger partial charge in [-0.25, -0.2) is 0 Å². The summed E-state index contributed by atoms with van der Waals surface area (Å²) < 4.78 is 10.6. The van der Waals surface area contributed by atoms with Crippen molar-refractivity contribution in [3.63, 3.8) is 0 Å². The molecule has 0 radical (unpaired) electrons. The number of ether oxygens (including phenoxy) is 2. The number of benzene rings is 1. The molecule has 0 fully saturated rings. The van der Waals surface area contributed by atoms with Crippen molar-refractivity contribution in [3.8, 4) is 11.5 Å². The van der Waals surface area contributed by atoms with Crippen LogP contribution in [-0.4, -0.2) is 31.6 Å². The lowest BCUT2D eigenvalue weighted by molar-refractivity contribution is -0.129. The Hall–Kier alpha value is -1.71. The number of carbonyl (C=O) groups excluding carboxylic acids is 1. The lowest BCUT2D eigenvalue weighted by Gasteiger charge is -2.19. The number of rotatable bonds is 2. The van der Waals surface area contributed by atoms with Crippen molar-refractivity contribution in [2.75, 3.05) is 20.8 Å². The first-order chi connectivity index (χ1) is 8.65. The largest absolute Gasteiger partial charge is 0.493 e. The van der Waals surface area contributed by atoms with Gasteiger partial charge in [0.25, 0.3) is 0 Å². The van der Waals surface area contributed by atoms with E-state index in [0.29, 0.717) is 6.54 Å². The van der Waals surface area contributed by atoms with Crippen LogP contribution in [0.2, 0.25) is 0 Å². The van der Waals surface area contributed by atoms with E-state index in [1.807, 2.05) is 17.0 Å². The van der Waals surface area contributed by atoms with E-state index in [-0.39, 0.29) is 5.91 Å². The van der Waals surface area contributed by atoms with Gasteiger partial charge in [-0.2, -0.15) is 0 Å². The molecule has 4 nitrogen and oxygen atoms in total. The first kappa shape index (κ1) is 12.7. The topological polar surface area (TPSA) is 38.8 Å².